The second-order valence-corrected chi connectivity index (χ2v) is 7.81. The van der Waals surface area contributed by atoms with Crippen LogP contribution in [-0.4, -0.2) is 38.6 Å². The summed E-state index contributed by atoms with van der Waals surface area (Å²) in [5.41, 5.74) is 14.2. The van der Waals surface area contributed by atoms with Gasteiger partial charge in [0, 0.05) is 44.2 Å². The summed E-state index contributed by atoms with van der Waals surface area (Å²) in [6.07, 6.45) is 9.39. The highest BCUT2D eigenvalue weighted by atomic mass is 32.1. The van der Waals surface area contributed by atoms with Crippen LogP contribution >= 0.6 is 11.3 Å². The van der Waals surface area contributed by atoms with E-state index in [1.165, 1.54) is 10.9 Å². The van der Waals surface area contributed by atoms with E-state index >= 15 is 0 Å². The van der Waals surface area contributed by atoms with E-state index in [0.29, 0.717) is 17.5 Å². The fourth-order valence-electron chi connectivity index (χ4n) is 3.27. The zero-order valence-electron chi connectivity index (χ0n) is 17.3. The third-order valence-electron chi connectivity index (χ3n) is 4.84. The molecule has 6 N–H and O–H groups in total. The van der Waals surface area contributed by atoms with Crippen LogP contribution in [0.1, 0.15) is 11.9 Å². The Morgan fingerprint density at radius 3 is 2.83 bits per heavy atom. The third-order valence-corrected chi connectivity index (χ3v) is 5.92. The number of nitrogens with one attached hydrogen (secondary N) is 2. The highest BCUT2D eigenvalue weighted by molar-refractivity contribution is 7.19. The Bertz CT molecular complexity index is 1240. The number of hydrogen-bond donors (Lipinski definition) is 4. The van der Waals surface area contributed by atoms with Crippen molar-refractivity contribution in [3.8, 4) is 0 Å². The normalized spacial score (nSPS) is 13.1. The molecule has 0 atom stereocenters. The van der Waals surface area contributed by atoms with Crippen molar-refractivity contribution in [1.29, 1.82) is 5.41 Å². The van der Waals surface area contributed by atoms with Gasteiger partial charge in [0.15, 0.2) is 5.65 Å². The average Bonchev–Trinajstić information content (AvgIpc) is 3.26. The van der Waals surface area contributed by atoms with Gasteiger partial charge in [-0.1, -0.05) is 6.08 Å². The highest BCUT2D eigenvalue weighted by Gasteiger charge is 2.19. The van der Waals surface area contributed by atoms with E-state index in [2.05, 4.69) is 10.4 Å². The molecule has 3 aromatic rings. The van der Waals surface area contributed by atoms with Crippen LogP contribution in [0.4, 0.5) is 0 Å². The number of aryl methyl sites for hydroxylation is 1. The van der Waals surface area contributed by atoms with Gasteiger partial charge in [0.1, 0.15) is 10.5 Å². The van der Waals surface area contributed by atoms with E-state index in [1.807, 2.05) is 26.1 Å². The summed E-state index contributed by atoms with van der Waals surface area (Å²) < 4.78 is 4.02. The first-order valence-corrected chi connectivity index (χ1v) is 10.3. The summed E-state index contributed by atoms with van der Waals surface area (Å²) in [5, 5.41) is 17.1. The Kier molecular flexibility index (Phi) is 6.48. The maximum absolute atomic E-state index is 13.1. The van der Waals surface area contributed by atoms with Gasteiger partial charge in [0.05, 0.1) is 23.2 Å². The maximum Gasteiger partial charge on any atom is 0.291 e. The molecule has 30 heavy (non-hydrogen) atoms. The lowest BCUT2D eigenvalue weighted by Gasteiger charge is -2.09. The predicted octanol–water partition coefficient (Wildman–Crippen LogP) is 1.39. The first-order chi connectivity index (χ1) is 14.4. The summed E-state index contributed by atoms with van der Waals surface area (Å²) >= 11 is 1.55. The fourth-order valence-corrected chi connectivity index (χ4v) is 4.41. The molecule has 0 fully saturated rings. The van der Waals surface area contributed by atoms with Gasteiger partial charge >= 0.3 is 0 Å². The van der Waals surface area contributed by atoms with E-state index in [4.69, 9.17) is 21.9 Å². The van der Waals surface area contributed by atoms with E-state index in [1.54, 1.807) is 35.3 Å². The minimum Gasteiger partial charge on any atom is -0.405 e. The van der Waals surface area contributed by atoms with Crippen LogP contribution in [0.3, 0.4) is 0 Å². The Balaban J connectivity index is 2.02. The second-order valence-electron chi connectivity index (χ2n) is 6.73. The van der Waals surface area contributed by atoms with Gasteiger partial charge in [0.2, 0.25) is 0 Å². The van der Waals surface area contributed by atoms with Crippen molar-refractivity contribution in [3.63, 3.8) is 0 Å². The van der Waals surface area contributed by atoms with Crippen molar-refractivity contribution in [1.82, 2.24) is 24.6 Å². The number of fused-ring (bicyclic) bond motifs is 3. The smallest absolute Gasteiger partial charge is 0.291 e. The minimum atomic E-state index is -0.257. The van der Waals surface area contributed by atoms with Gasteiger partial charge in [0.25, 0.3) is 5.56 Å². The summed E-state index contributed by atoms with van der Waals surface area (Å²) in [5.74, 6) is 0. The Morgan fingerprint density at radius 2 is 2.20 bits per heavy atom. The van der Waals surface area contributed by atoms with Gasteiger partial charge in [-0.25, -0.2) is 9.67 Å². The number of nitrogens with zero attached hydrogens (tertiary/aromatic N) is 4. The molecule has 10 heteroatoms. The molecule has 0 radical (unpaired) electrons. The SMILES string of the molecule is C/C=C(\C=C/N)Cc1nc2c(s1)c1cnn(CC(=N)/C(=C\NC)CN)c(=O)c1n2C. The second kappa shape index (κ2) is 9.06. The average molecular weight is 427 g/mol. The Morgan fingerprint density at radius 1 is 1.43 bits per heavy atom. The van der Waals surface area contributed by atoms with Crippen LogP contribution in [0, 0.1) is 5.41 Å². The van der Waals surface area contributed by atoms with Crippen LogP contribution in [0.25, 0.3) is 21.3 Å². The lowest BCUT2D eigenvalue weighted by Crippen LogP contribution is -2.29. The van der Waals surface area contributed by atoms with Crippen molar-refractivity contribution in [2.24, 2.45) is 18.5 Å². The quantitative estimate of drug-likeness (QED) is 0.317. The van der Waals surface area contributed by atoms with Crippen LogP contribution in [0.2, 0.25) is 0 Å². The predicted molar refractivity (Wildman–Crippen MR) is 123 cm³/mol. The van der Waals surface area contributed by atoms with E-state index in [9.17, 15) is 4.79 Å². The van der Waals surface area contributed by atoms with Crippen molar-refractivity contribution < 1.29 is 0 Å². The van der Waals surface area contributed by atoms with Gasteiger partial charge in [-0.15, -0.1) is 11.3 Å². The topological polar surface area (TPSA) is 141 Å². The fraction of sp³-hybridized carbons (Fsp3) is 0.300. The number of rotatable bonds is 8. The molecule has 0 aliphatic heterocycles. The molecule has 0 unspecified atom stereocenters. The van der Waals surface area contributed by atoms with Gasteiger partial charge < -0.3 is 26.8 Å². The molecule has 3 rings (SSSR count). The number of allylic oxidation sites excluding steroid dienone is 3. The van der Waals surface area contributed by atoms with Crippen LogP contribution in [-0.2, 0) is 20.0 Å². The Labute approximate surface area is 177 Å². The third kappa shape index (κ3) is 3.91. The first-order valence-electron chi connectivity index (χ1n) is 9.46. The molecule has 158 valence electrons. The number of nitrogens with two attached hydrogens (primary N) is 2. The zero-order chi connectivity index (χ0) is 21.8. The molecule has 0 aliphatic carbocycles. The Hall–Kier alpha value is -3.24. The summed E-state index contributed by atoms with van der Waals surface area (Å²) in [4.78, 5) is 17.8. The van der Waals surface area contributed by atoms with Crippen LogP contribution in [0.5, 0.6) is 0 Å². The summed E-state index contributed by atoms with van der Waals surface area (Å²) in [6.45, 7) is 2.22. The molecular weight excluding hydrogens is 400 g/mol. The monoisotopic (exact) mass is 426 g/mol. The van der Waals surface area contributed by atoms with E-state index in [-0.39, 0.29) is 24.4 Å². The molecule has 0 saturated heterocycles. The van der Waals surface area contributed by atoms with Crippen molar-refractivity contribution in [2.75, 3.05) is 13.6 Å². The van der Waals surface area contributed by atoms with Crippen molar-refractivity contribution in [3.05, 3.63) is 57.3 Å². The molecule has 3 heterocycles. The lowest BCUT2D eigenvalue weighted by molar-refractivity contribution is 0.673. The van der Waals surface area contributed by atoms with E-state index < -0.39 is 0 Å². The molecule has 0 aliphatic rings. The van der Waals surface area contributed by atoms with Crippen molar-refractivity contribution >= 4 is 38.3 Å². The van der Waals surface area contributed by atoms with Gasteiger partial charge in [-0.05, 0) is 24.8 Å². The largest absolute Gasteiger partial charge is 0.405 e. The first kappa shape index (κ1) is 21.5. The standard InChI is InChI=1S/C20H26N8OS/c1-4-12(5-6-21)7-16-26-19-18(30-16)14-10-25-28(20(29)17(14)27(19)3)11-15(23)13(8-22)9-24-2/h4-6,9-10,23-24H,7-8,11,21-22H2,1-3H3/b6-5-,12-4+,13-9-,23-15?. The van der Waals surface area contributed by atoms with Crippen LogP contribution < -0.4 is 22.3 Å². The zero-order valence-corrected chi connectivity index (χ0v) is 18.1. The molecule has 0 amide bonds. The number of aromatic nitrogens is 4. The molecule has 0 aromatic carbocycles. The van der Waals surface area contributed by atoms with Crippen LogP contribution in [0.15, 0.2) is 46.7 Å². The molecule has 0 saturated carbocycles. The highest BCUT2D eigenvalue weighted by Crippen LogP contribution is 2.31. The summed E-state index contributed by atoms with van der Waals surface area (Å²) in [7, 11) is 3.57. The van der Waals surface area contributed by atoms with Gasteiger partial charge in [-0.3, -0.25) is 4.79 Å². The van der Waals surface area contributed by atoms with E-state index in [0.717, 1.165) is 26.3 Å². The lowest BCUT2D eigenvalue weighted by atomic mass is 10.1. The van der Waals surface area contributed by atoms with Gasteiger partial charge in [-0.2, -0.15) is 5.10 Å². The minimum absolute atomic E-state index is 0.0487. The summed E-state index contributed by atoms with van der Waals surface area (Å²) in [6, 6.07) is 0. The molecule has 0 bridgehead atoms. The maximum atomic E-state index is 13.1. The number of hydrogen-bond acceptors (Lipinski definition) is 8. The number of thiazole rings is 1. The van der Waals surface area contributed by atoms with Crippen molar-refractivity contribution in [2.45, 2.75) is 19.9 Å². The molecular formula is C20H26N8OS. The molecule has 0 spiro atoms. The molecule has 9 nitrogen and oxygen atoms in total. The molecule has 3 aromatic heterocycles.